The minimum Gasteiger partial charge on any atom is -0.465 e. The van der Waals surface area contributed by atoms with Gasteiger partial charge in [0.2, 0.25) is 0 Å². The van der Waals surface area contributed by atoms with E-state index in [2.05, 4.69) is 4.98 Å². The van der Waals surface area contributed by atoms with E-state index in [9.17, 15) is 9.59 Å². The number of carbonyl (C=O) groups is 2. The van der Waals surface area contributed by atoms with E-state index in [1.54, 1.807) is 13.8 Å². The van der Waals surface area contributed by atoms with E-state index in [4.69, 9.17) is 16.3 Å². The van der Waals surface area contributed by atoms with E-state index in [0.29, 0.717) is 34.1 Å². The number of ether oxygens (including phenoxy) is 1. The number of Topliss-reactive ketones (excluding diaryl/α,β-unsaturated/α-hetero) is 1. The van der Waals surface area contributed by atoms with Crippen molar-refractivity contribution >= 4 is 23.4 Å². The van der Waals surface area contributed by atoms with Gasteiger partial charge in [-0.25, -0.2) is 4.79 Å². The molecule has 2 aromatic rings. The molecule has 1 N–H and O–H groups in total. The lowest BCUT2D eigenvalue weighted by Gasteiger charge is -2.23. The minimum absolute atomic E-state index is 0.0692. The molecule has 0 radical (unpaired) electrons. The van der Waals surface area contributed by atoms with Crippen LogP contribution in [-0.4, -0.2) is 41.8 Å². The highest BCUT2D eigenvalue weighted by Crippen LogP contribution is 2.22. The lowest BCUT2D eigenvalue weighted by molar-refractivity contribution is 0.0599. The van der Waals surface area contributed by atoms with Crippen LogP contribution in [0.5, 0.6) is 0 Å². The number of benzene rings is 1. The number of hydrogen-bond acceptors (Lipinski definition) is 4. The number of aryl methyl sites for hydroxylation is 1. The van der Waals surface area contributed by atoms with Crippen LogP contribution >= 0.6 is 11.6 Å². The highest BCUT2D eigenvalue weighted by Gasteiger charge is 2.27. The Labute approximate surface area is 152 Å². The van der Waals surface area contributed by atoms with Gasteiger partial charge in [-0.15, -0.1) is 0 Å². The maximum absolute atomic E-state index is 12.9. The molecule has 1 aromatic carbocycles. The van der Waals surface area contributed by atoms with Gasteiger partial charge in [-0.1, -0.05) is 23.7 Å². The number of rotatable bonds is 6. The van der Waals surface area contributed by atoms with E-state index in [-0.39, 0.29) is 11.8 Å². The Bertz CT molecular complexity index is 798. The van der Waals surface area contributed by atoms with Crippen molar-refractivity contribution in [3.8, 4) is 0 Å². The number of halogens is 1. The quantitative estimate of drug-likeness (QED) is 0.627. The highest BCUT2D eigenvalue weighted by molar-refractivity contribution is 6.30. The monoisotopic (exact) mass is 362 g/mol. The molecule has 0 saturated heterocycles. The number of nitrogens with one attached hydrogen (secondary N) is 1. The summed E-state index contributed by atoms with van der Waals surface area (Å²) in [5.74, 6) is -0.509. The van der Waals surface area contributed by atoms with Crippen molar-refractivity contribution in [1.82, 2.24) is 9.88 Å². The van der Waals surface area contributed by atoms with Gasteiger partial charge in [-0.3, -0.25) is 9.69 Å². The number of carbonyl (C=O) groups excluding carboxylic acids is 2. The third-order valence-electron chi connectivity index (χ3n) is 4.44. The maximum atomic E-state index is 12.9. The summed E-state index contributed by atoms with van der Waals surface area (Å²) >= 11 is 6.02. The first-order chi connectivity index (χ1) is 11.8. The molecule has 134 valence electrons. The molecule has 0 saturated carbocycles. The van der Waals surface area contributed by atoms with Gasteiger partial charge in [0.05, 0.1) is 24.4 Å². The minimum atomic E-state index is -0.440. The standard InChI is InChI=1S/C19H23ClN2O3/c1-11-16(19(24)25-5)12(2)21-17(11)18(23)13(3)22(4)10-14-7-6-8-15(20)9-14/h6-9,13,21H,10H2,1-5H3/t13-/m0/s1. The zero-order valence-corrected chi connectivity index (χ0v) is 15.9. The largest absolute Gasteiger partial charge is 0.465 e. The maximum Gasteiger partial charge on any atom is 0.339 e. The van der Waals surface area contributed by atoms with Crippen LogP contribution in [0.2, 0.25) is 5.02 Å². The fourth-order valence-electron chi connectivity index (χ4n) is 2.87. The van der Waals surface area contributed by atoms with Crippen LogP contribution in [0.15, 0.2) is 24.3 Å². The van der Waals surface area contributed by atoms with E-state index < -0.39 is 5.97 Å². The number of esters is 1. The van der Waals surface area contributed by atoms with Gasteiger partial charge in [-0.2, -0.15) is 0 Å². The molecule has 0 fully saturated rings. The molecule has 0 amide bonds. The van der Waals surface area contributed by atoms with Gasteiger partial charge in [0.25, 0.3) is 0 Å². The normalized spacial score (nSPS) is 12.3. The molecule has 0 aliphatic heterocycles. The number of ketones is 1. The van der Waals surface area contributed by atoms with Crippen LogP contribution in [0, 0.1) is 13.8 Å². The molecule has 0 spiro atoms. The van der Waals surface area contributed by atoms with Crippen LogP contribution in [0.3, 0.4) is 0 Å². The molecule has 1 heterocycles. The second-order valence-corrected chi connectivity index (χ2v) is 6.64. The molecule has 1 atom stereocenters. The van der Waals surface area contributed by atoms with Gasteiger partial charge < -0.3 is 9.72 Å². The summed E-state index contributed by atoms with van der Waals surface area (Å²) < 4.78 is 4.80. The smallest absolute Gasteiger partial charge is 0.339 e. The summed E-state index contributed by atoms with van der Waals surface area (Å²) in [4.78, 5) is 29.8. The van der Waals surface area contributed by atoms with Crippen LogP contribution in [0.4, 0.5) is 0 Å². The molecular weight excluding hydrogens is 340 g/mol. The molecule has 0 aliphatic carbocycles. The zero-order chi connectivity index (χ0) is 18.7. The third kappa shape index (κ3) is 4.11. The van der Waals surface area contributed by atoms with Crippen molar-refractivity contribution in [1.29, 1.82) is 0 Å². The van der Waals surface area contributed by atoms with Crippen LogP contribution in [-0.2, 0) is 11.3 Å². The summed E-state index contributed by atoms with van der Waals surface area (Å²) in [6.45, 7) is 5.96. The first kappa shape index (κ1) is 19.2. The molecule has 1 aromatic heterocycles. The van der Waals surface area contributed by atoms with Gasteiger partial charge in [0.1, 0.15) is 0 Å². The number of aromatic amines is 1. The summed E-state index contributed by atoms with van der Waals surface area (Å²) in [5, 5.41) is 0.670. The van der Waals surface area contributed by atoms with Crippen molar-refractivity contribution in [2.24, 2.45) is 0 Å². The van der Waals surface area contributed by atoms with Gasteiger partial charge >= 0.3 is 5.97 Å². The van der Waals surface area contributed by atoms with E-state index in [1.807, 2.05) is 43.1 Å². The lowest BCUT2D eigenvalue weighted by atomic mass is 10.0. The number of likely N-dealkylation sites (N-methyl/N-ethyl adjacent to an activating group) is 1. The molecule has 0 unspecified atom stereocenters. The molecule has 0 bridgehead atoms. The van der Waals surface area contributed by atoms with E-state index in [0.717, 1.165) is 5.56 Å². The first-order valence-corrected chi connectivity index (χ1v) is 8.40. The predicted molar refractivity (Wildman–Crippen MR) is 98.3 cm³/mol. The fraction of sp³-hybridized carbons (Fsp3) is 0.368. The van der Waals surface area contributed by atoms with Crippen LogP contribution < -0.4 is 0 Å². The van der Waals surface area contributed by atoms with E-state index >= 15 is 0 Å². The van der Waals surface area contributed by atoms with Crippen molar-refractivity contribution in [2.45, 2.75) is 33.4 Å². The summed E-state index contributed by atoms with van der Waals surface area (Å²) in [7, 11) is 3.22. The number of hydrogen-bond donors (Lipinski definition) is 1. The summed E-state index contributed by atoms with van der Waals surface area (Å²) in [6, 6.07) is 7.20. The molecule has 2 rings (SSSR count). The Balaban J connectivity index is 2.21. The lowest BCUT2D eigenvalue weighted by Crippen LogP contribution is -2.36. The first-order valence-electron chi connectivity index (χ1n) is 8.02. The molecule has 5 nitrogen and oxygen atoms in total. The van der Waals surface area contributed by atoms with Gasteiger partial charge in [0, 0.05) is 17.3 Å². The Morgan fingerprint density at radius 2 is 2.00 bits per heavy atom. The van der Waals surface area contributed by atoms with Crippen LogP contribution in [0.25, 0.3) is 0 Å². The molecule has 0 aliphatic rings. The molecule has 25 heavy (non-hydrogen) atoms. The average molecular weight is 363 g/mol. The van der Waals surface area contributed by atoms with Crippen molar-refractivity contribution in [3.05, 3.63) is 57.4 Å². The summed E-state index contributed by atoms with van der Waals surface area (Å²) in [5.41, 5.74) is 3.16. The zero-order valence-electron chi connectivity index (χ0n) is 15.1. The Hall–Kier alpha value is -2.11. The third-order valence-corrected chi connectivity index (χ3v) is 4.67. The Morgan fingerprint density at radius 1 is 1.32 bits per heavy atom. The molecule has 6 heteroatoms. The van der Waals surface area contributed by atoms with Crippen molar-refractivity contribution in [2.75, 3.05) is 14.2 Å². The number of aromatic nitrogens is 1. The summed E-state index contributed by atoms with van der Waals surface area (Å²) in [6.07, 6.45) is 0. The number of nitrogens with zero attached hydrogens (tertiary/aromatic N) is 1. The highest BCUT2D eigenvalue weighted by atomic mass is 35.5. The Morgan fingerprint density at radius 3 is 2.60 bits per heavy atom. The van der Waals surface area contributed by atoms with Crippen molar-refractivity contribution < 1.29 is 14.3 Å². The van der Waals surface area contributed by atoms with Gasteiger partial charge in [0.15, 0.2) is 5.78 Å². The van der Waals surface area contributed by atoms with Gasteiger partial charge in [-0.05, 0) is 51.1 Å². The fourth-order valence-corrected chi connectivity index (χ4v) is 3.09. The number of H-pyrrole nitrogens is 1. The number of methoxy groups -OCH3 is 1. The predicted octanol–water partition coefficient (Wildman–Crippen LogP) is 3.77. The molecular formula is C19H23ClN2O3. The second-order valence-electron chi connectivity index (χ2n) is 6.20. The SMILES string of the molecule is COC(=O)c1c(C)[nH]c(C(=O)[C@H](C)N(C)Cc2cccc(Cl)c2)c1C. The van der Waals surface area contributed by atoms with E-state index in [1.165, 1.54) is 7.11 Å². The van der Waals surface area contributed by atoms with Crippen LogP contribution in [0.1, 0.15) is 44.6 Å². The average Bonchev–Trinajstić information content (AvgIpc) is 2.87. The second kappa shape index (κ2) is 7.85. The Kier molecular flexibility index (Phi) is 6.03. The van der Waals surface area contributed by atoms with Crippen molar-refractivity contribution in [3.63, 3.8) is 0 Å². The topological polar surface area (TPSA) is 62.4 Å².